The first-order valence-corrected chi connectivity index (χ1v) is 10.6. The third-order valence-corrected chi connectivity index (χ3v) is 4.60. The first-order valence-electron chi connectivity index (χ1n) is 10.6. The SMILES string of the molecule is C#C.CCN=C/C(=C\C(=C/N(C)CC)C(=O)NCCO)NCc1c(C)cccc1CC. The van der Waals surface area contributed by atoms with Crippen LogP contribution in [0.4, 0.5) is 0 Å². The summed E-state index contributed by atoms with van der Waals surface area (Å²) in [6.07, 6.45) is 14.3. The molecule has 0 aromatic heterocycles. The maximum absolute atomic E-state index is 12.6. The number of nitrogens with zero attached hydrogens (tertiary/aromatic N) is 2. The lowest BCUT2D eigenvalue weighted by atomic mass is 10.00. The van der Waals surface area contributed by atoms with Gasteiger partial charge in [0.1, 0.15) is 0 Å². The first-order chi connectivity index (χ1) is 15.0. The molecule has 1 rings (SSSR count). The number of amides is 1. The van der Waals surface area contributed by atoms with Gasteiger partial charge in [0.05, 0.1) is 17.9 Å². The van der Waals surface area contributed by atoms with Gasteiger partial charge < -0.3 is 20.6 Å². The molecule has 0 saturated carbocycles. The Kier molecular flexibility index (Phi) is 15.1. The van der Waals surface area contributed by atoms with E-state index in [-0.39, 0.29) is 19.1 Å². The molecule has 170 valence electrons. The zero-order valence-electron chi connectivity index (χ0n) is 19.6. The first kappa shape index (κ1) is 28.0. The van der Waals surface area contributed by atoms with Crippen LogP contribution in [0.25, 0.3) is 0 Å². The van der Waals surface area contributed by atoms with E-state index < -0.39 is 0 Å². The number of hydrogen-bond acceptors (Lipinski definition) is 5. The Labute approximate surface area is 188 Å². The van der Waals surface area contributed by atoms with E-state index in [1.807, 2.05) is 31.9 Å². The number of aliphatic hydroxyl groups excluding tert-OH is 1. The minimum absolute atomic E-state index is 0.0954. The molecule has 0 bridgehead atoms. The van der Waals surface area contributed by atoms with E-state index >= 15 is 0 Å². The van der Waals surface area contributed by atoms with Gasteiger partial charge in [-0.05, 0) is 50.0 Å². The number of benzene rings is 1. The topological polar surface area (TPSA) is 77.0 Å². The van der Waals surface area contributed by atoms with Crippen LogP contribution in [0.5, 0.6) is 0 Å². The fourth-order valence-electron chi connectivity index (χ4n) is 2.79. The van der Waals surface area contributed by atoms with Crippen LogP contribution in [-0.2, 0) is 17.8 Å². The van der Waals surface area contributed by atoms with Crippen LogP contribution in [0.3, 0.4) is 0 Å². The van der Waals surface area contributed by atoms with Crippen molar-refractivity contribution in [3.63, 3.8) is 0 Å². The van der Waals surface area contributed by atoms with Crippen LogP contribution in [0.2, 0.25) is 0 Å². The number of allylic oxidation sites excluding steroid dienone is 1. The molecular formula is C25H38N4O2. The summed E-state index contributed by atoms with van der Waals surface area (Å²) in [5.41, 5.74) is 5.10. The van der Waals surface area contributed by atoms with Crippen molar-refractivity contribution >= 4 is 12.1 Å². The monoisotopic (exact) mass is 426 g/mol. The molecule has 0 atom stereocenters. The van der Waals surface area contributed by atoms with E-state index in [0.717, 1.165) is 18.7 Å². The Morgan fingerprint density at radius 3 is 2.52 bits per heavy atom. The van der Waals surface area contributed by atoms with Crippen molar-refractivity contribution in [3.05, 3.63) is 58.4 Å². The van der Waals surface area contributed by atoms with E-state index in [9.17, 15) is 4.79 Å². The number of aliphatic imine (C=N–C) groups is 1. The third-order valence-electron chi connectivity index (χ3n) is 4.60. The summed E-state index contributed by atoms with van der Waals surface area (Å²) in [6.45, 7) is 10.5. The highest BCUT2D eigenvalue weighted by atomic mass is 16.3. The van der Waals surface area contributed by atoms with Crippen LogP contribution in [0, 0.1) is 19.8 Å². The summed E-state index contributed by atoms with van der Waals surface area (Å²) in [7, 11) is 1.92. The van der Waals surface area contributed by atoms with Crippen molar-refractivity contribution in [2.75, 3.05) is 33.3 Å². The Hall–Kier alpha value is -3.04. The zero-order chi connectivity index (χ0) is 23.6. The molecular weight excluding hydrogens is 388 g/mol. The second-order valence-corrected chi connectivity index (χ2v) is 6.78. The summed E-state index contributed by atoms with van der Waals surface area (Å²) in [4.78, 5) is 18.9. The maximum Gasteiger partial charge on any atom is 0.252 e. The second kappa shape index (κ2) is 16.7. The van der Waals surface area contributed by atoms with Gasteiger partial charge in [-0.1, -0.05) is 25.1 Å². The van der Waals surface area contributed by atoms with Gasteiger partial charge in [-0.25, -0.2) is 0 Å². The number of nitrogens with one attached hydrogen (secondary N) is 2. The number of carbonyl (C=O) groups is 1. The number of aryl methyl sites for hydroxylation is 2. The van der Waals surface area contributed by atoms with E-state index in [4.69, 9.17) is 5.11 Å². The van der Waals surface area contributed by atoms with Gasteiger partial charge in [0.2, 0.25) is 0 Å². The molecule has 1 amide bonds. The highest BCUT2D eigenvalue weighted by Gasteiger charge is 2.10. The summed E-state index contributed by atoms with van der Waals surface area (Å²) in [6, 6.07) is 6.35. The minimum atomic E-state index is -0.228. The molecule has 0 fully saturated rings. The van der Waals surface area contributed by atoms with Gasteiger partial charge in [0, 0.05) is 45.6 Å². The fourth-order valence-corrected chi connectivity index (χ4v) is 2.79. The van der Waals surface area contributed by atoms with Crippen LogP contribution in [0.15, 0.2) is 46.7 Å². The van der Waals surface area contributed by atoms with Gasteiger partial charge in [-0.3, -0.25) is 9.79 Å². The Bertz CT molecular complexity index is 779. The molecule has 6 nitrogen and oxygen atoms in total. The minimum Gasteiger partial charge on any atom is -0.395 e. The second-order valence-electron chi connectivity index (χ2n) is 6.78. The lowest BCUT2D eigenvalue weighted by Crippen LogP contribution is -2.29. The van der Waals surface area contributed by atoms with Crippen molar-refractivity contribution in [1.29, 1.82) is 0 Å². The van der Waals surface area contributed by atoms with Crippen LogP contribution >= 0.6 is 0 Å². The van der Waals surface area contributed by atoms with E-state index in [1.165, 1.54) is 16.7 Å². The number of rotatable bonds is 12. The molecule has 0 unspecified atom stereocenters. The van der Waals surface area contributed by atoms with Crippen molar-refractivity contribution in [2.45, 2.75) is 40.7 Å². The van der Waals surface area contributed by atoms with Gasteiger partial charge in [0.15, 0.2) is 0 Å². The number of carbonyl (C=O) groups excluding carboxylic acids is 1. The quantitative estimate of drug-likeness (QED) is 0.208. The Balaban J connectivity index is 0.00000436. The Morgan fingerprint density at radius 2 is 1.94 bits per heavy atom. The molecule has 0 aliphatic rings. The lowest BCUT2D eigenvalue weighted by molar-refractivity contribution is -0.117. The molecule has 3 N–H and O–H groups in total. The highest BCUT2D eigenvalue weighted by molar-refractivity contribution is 5.97. The smallest absolute Gasteiger partial charge is 0.252 e. The van der Waals surface area contributed by atoms with Crippen LogP contribution in [0.1, 0.15) is 37.5 Å². The van der Waals surface area contributed by atoms with Crippen LogP contribution in [-0.4, -0.2) is 55.4 Å². The standard InChI is InChI=1S/C23H36N4O2.C2H2/c1-6-19-11-9-10-18(4)22(19)16-26-21(15-24-7-2)14-20(17-27(5)8-3)23(29)25-12-13-28;1-2/h9-11,14-15,17,26,28H,6-8,12-13,16H2,1-5H3,(H,25,29);1-2H/b20-17+,21-14+,24-15?;. The van der Waals surface area contributed by atoms with Crippen molar-refractivity contribution in [2.24, 2.45) is 4.99 Å². The van der Waals surface area contributed by atoms with Gasteiger partial charge >= 0.3 is 0 Å². The Morgan fingerprint density at radius 1 is 1.23 bits per heavy atom. The molecule has 1 aromatic carbocycles. The van der Waals surface area contributed by atoms with E-state index in [1.54, 1.807) is 12.4 Å². The third kappa shape index (κ3) is 10.5. The van der Waals surface area contributed by atoms with Gasteiger partial charge in [-0.15, -0.1) is 12.8 Å². The molecule has 0 spiro atoms. The maximum atomic E-state index is 12.6. The van der Waals surface area contributed by atoms with Gasteiger partial charge in [0.25, 0.3) is 5.91 Å². The van der Waals surface area contributed by atoms with E-state index in [2.05, 4.69) is 60.5 Å². The fraction of sp³-hybridized carbons (Fsp3) is 0.440. The number of hydrogen-bond donors (Lipinski definition) is 3. The van der Waals surface area contributed by atoms with Crippen LogP contribution < -0.4 is 10.6 Å². The summed E-state index contributed by atoms with van der Waals surface area (Å²) in [5.74, 6) is -0.228. The normalized spacial score (nSPS) is 11.6. The molecule has 0 saturated heterocycles. The van der Waals surface area contributed by atoms with Crippen molar-refractivity contribution < 1.29 is 9.90 Å². The average molecular weight is 427 g/mol. The molecule has 0 radical (unpaired) electrons. The van der Waals surface area contributed by atoms with Gasteiger partial charge in [-0.2, -0.15) is 0 Å². The molecule has 31 heavy (non-hydrogen) atoms. The summed E-state index contributed by atoms with van der Waals surface area (Å²) in [5, 5.41) is 15.2. The predicted molar refractivity (Wildman–Crippen MR) is 131 cm³/mol. The predicted octanol–water partition coefficient (Wildman–Crippen LogP) is 2.82. The molecule has 0 heterocycles. The molecule has 1 aromatic rings. The molecule has 6 heteroatoms. The summed E-state index contributed by atoms with van der Waals surface area (Å²) >= 11 is 0. The number of terminal acetylenes is 1. The molecule has 0 aliphatic carbocycles. The average Bonchev–Trinajstić information content (AvgIpc) is 2.80. The zero-order valence-corrected chi connectivity index (χ0v) is 19.6. The summed E-state index contributed by atoms with van der Waals surface area (Å²) < 4.78 is 0. The largest absolute Gasteiger partial charge is 0.395 e. The van der Waals surface area contributed by atoms with Crippen molar-refractivity contribution in [3.8, 4) is 12.8 Å². The molecule has 0 aliphatic heterocycles. The van der Waals surface area contributed by atoms with E-state index in [0.29, 0.717) is 18.7 Å². The highest BCUT2D eigenvalue weighted by Crippen LogP contribution is 2.15. The lowest BCUT2D eigenvalue weighted by Gasteiger charge is -2.16. The van der Waals surface area contributed by atoms with Crippen molar-refractivity contribution in [1.82, 2.24) is 15.5 Å². The number of aliphatic hydroxyl groups is 1.